The number of ether oxygens (including phenoxy) is 1. The number of carboxylic acids is 1. The van der Waals surface area contributed by atoms with Crippen molar-refractivity contribution < 1.29 is 14.6 Å². The van der Waals surface area contributed by atoms with E-state index in [4.69, 9.17) is 9.84 Å². The van der Waals surface area contributed by atoms with Crippen molar-refractivity contribution in [1.82, 2.24) is 5.43 Å². The van der Waals surface area contributed by atoms with Gasteiger partial charge >= 0.3 is 5.97 Å². The molecule has 0 spiro atoms. The Morgan fingerprint density at radius 2 is 2.21 bits per heavy atom. The second kappa shape index (κ2) is 5.69. The quantitative estimate of drug-likeness (QED) is 0.904. The monoisotopic (exact) mass is 322 g/mol. The molecule has 1 atom stereocenters. The summed E-state index contributed by atoms with van der Waals surface area (Å²) in [5, 5.41) is 11.1. The highest BCUT2D eigenvalue weighted by atomic mass is 16.5. The molecule has 4 rings (SSSR count). The third-order valence-electron chi connectivity index (χ3n) is 4.44. The van der Waals surface area contributed by atoms with E-state index in [1.165, 1.54) is 16.7 Å². The van der Waals surface area contributed by atoms with Gasteiger partial charge in [-0.3, -0.25) is 5.01 Å². The van der Waals surface area contributed by atoms with Crippen molar-refractivity contribution in [2.24, 2.45) is 0 Å². The van der Waals surface area contributed by atoms with E-state index < -0.39 is 5.97 Å². The molecular weight excluding hydrogens is 304 g/mol. The third-order valence-corrected chi connectivity index (χ3v) is 4.44. The first-order valence-electron chi connectivity index (χ1n) is 8.00. The van der Waals surface area contributed by atoms with Gasteiger partial charge in [0.15, 0.2) is 0 Å². The molecule has 1 unspecified atom stereocenters. The summed E-state index contributed by atoms with van der Waals surface area (Å²) in [5.41, 5.74) is 8.37. The van der Waals surface area contributed by atoms with E-state index in [2.05, 4.69) is 23.8 Å². The summed E-state index contributed by atoms with van der Waals surface area (Å²) < 4.78 is 5.57. The lowest BCUT2D eigenvalue weighted by atomic mass is 10.1. The van der Waals surface area contributed by atoms with Crippen LogP contribution in [-0.2, 0) is 6.42 Å². The number of hydrazine groups is 1. The molecular formula is C19H18N2O3. The van der Waals surface area contributed by atoms with Crippen LogP contribution in [0.3, 0.4) is 0 Å². The minimum atomic E-state index is -0.919. The van der Waals surface area contributed by atoms with E-state index >= 15 is 0 Å². The zero-order valence-electron chi connectivity index (χ0n) is 13.3. The fraction of sp³-hybridized carbons (Fsp3) is 0.211. The average Bonchev–Trinajstić information content (AvgIpc) is 3.12. The molecule has 2 aliphatic rings. The number of benzene rings is 2. The molecule has 0 amide bonds. The van der Waals surface area contributed by atoms with E-state index in [1.807, 2.05) is 24.1 Å². The van der Waals surface area contributed by atoms with Gasteiger partial charge in [-0.25, -0.2) is 10.2 Å². The number of aromatic carboxylic acids is 1. The van der Waals surface area contributed by atoms with Crippen LogP contribution in [0.1, 0.15) is 34.5 Å². The Morgan fingerprint density at radius 1 is 1.33 bits per heavy atom. The fourth-order valence-corrected chi connectivity index (χ4v) is 3.35. The number of carboxylic acid groups (broad SMARTS) is 1. The lowest BCUT2D eigenvalue weighted by molar-refractivity contribution is 0.0697. The standard InChI is InChI=1S/C19H18N2O3/c1-2-24-16-6-7-17-13(10-16)8-14-11-21(20-18(14)17)15-5-3-4-12(9-15)19(22)23/h3-7,9-11,18,20H,2,8H2,1H3,(H,22,23). The maximum Gasteiger partial charge on any atom is 0.335 e. The molecule has 5 nitrogen and oxygen atoms in total. The van der Waals surface area contributed by atoms with Crippen LogP contribution >= 0.6 is 0 Å². The lowest BCUT2D eigenvalue weighted by Crippen LogP contribution is -2.30. The van der Waals surface area contributed by atoms with Crippen molar-refractivity contribution in [3.05, 3.63) is 70.9 Å². The van der Waals surface area contributed by atoms with Crippen molar-refractivity contribution in [3.8, 4) is 5.75 Å². The molecule has 24 heavy (non-hydrogen) atoms. The van der Waals surface area contributed by atoms with Crippen molar-refractivity contribution in [2.45, 2.75) is 19.4 Å². The summed E-state index contributed by atoms with van der Waals surface area (Å²) in [4.78, 5) is 11.1. The first-order valence-corrected chi connectivity index (χ1v) is 8.00. The smallest absolute Gasteiger partial charge is 0.335 e. The van der Waals surface area contributed by atoms with E-state index in [9.17, 15) is 4.79 Å². The molecule has 1 aliphatic carbocycles. The molecule has 2 aromatic carbocycles. The van der Waals surface area contributed by atoms with Crippen LogP contribution in [0.5, 0.6) is 5.75 Å². The average molecular weight is 322 g/mol. The third kappa shape index (κ3) is 2.43. The molecule has 5 heteroatoms. The highest BCUT2D eigenvalue weighted by Crippen LogP contribution is 2.41. The summed E-state index contributed by atoms with van der Waals surface area (Å²) in [6.45, 7) is 2.64. The number of nitrogens with one attached hydrogen (secondary N) is 1. The molecule has 2 aromatic rings. The minimum absolute atomic E-state index is 0.143. The maximum atomic E-state index is 11.1. The predicted molar refractivity (Wildman–Crippen MR) is 91.2 cm³/mol. The molecule has 0 fully saturated rings. The summed E-state index contributed by atoms with van der Waals surface area (Å²) in [7, 11) is 0. The van der Waals surface area contributed by atoms with Gasteiger partial charge in [0.25, 0.3) is 0 Å². The lowest BCUT2D eigenvalue weighted by Gasteiger charge is -2.20. The van der Waals surface area contributed by atoms with Crippen molar-refractivity contribution in [1.29, 1.82) is 0 Å². The second-order valence-corrected chi connectivity index (χ2v) is 5.96. The number of hydrogen-bond donors (Lipinski definition) is 2. The van der Waals surface area contributed by atoms with Gasteiger partial charge in [-0.15, -0.1) is 0 Å². The van der Waals surface area contributed by atoms with Crippen LogP contribution < -0.4 is 15.2 Å². The largest absolute Gasteiger partial charge is 0.494 e. The summed E-state index contributed by atoms with van der Waals surface area (Å²) in [5.74, 6) is -0.0134. The summed E-state index contributed by atoms with van der Waals surface area (Å²) >= 11 is 0. The van der Waals surface area contributed by atoms with Gasteiger partial charge in [-0.2, -0.15) is 0 Å². The molecule has 0 bridgehead atoms. The summed E-state index contributed by atoms with van der Waals surface area (Å²) in [6.07, 6.45) is 2.94. The van der Waals surface area contributed by atoms with Gasteiger partial charge in [-0.1, -0.05) is 12.1 Å². The molecule has 0 saturated carbocycles. The number of anilines is 1. The highest BCUT2D eigenvalue weighted by Gasteiger charge is 2.33. The Hall–Kier alpha value is -2.79. The molecule has 1 aliphatic heterocycles. The molecule has 2 N–H and O–H groups in total. The zero-order chi connectivity index (χ0) is 16.7. The summed E-state index contributed by atoms with van der Waals surface area (Å²) in [6, 6.07) is 13.3. The minimum Gasteiger partial charge on any atom is -0.494 e. The Bertz CT molecular complexity index is 844. The van der Waals surface area contributed by atoms with Crippen LogP contribution in [0.2, 0.25) is 0 Å². The zero-order valence-corrected chi connectivity index (χ0v) is 13.3. The Morgan fingerprint density at radius 3 is 3.00 bits per heavy atom. The number of carbonyl (C=O) groups is 1. The van der Waals surface area contributed by atoms with E-state index in [0.717, 1.165) is 17.9 Å². The van der Waals surface area contributed by atoms with E-state index in [-0.39, 0.29) is 11.6 Å². The molecule has 0 saturated heterocycles. The van der Waals surface area contributed by atoms with Gasteiger partial charge in [0.2, 0.25) is 0 Å². The molecule has 0 radical (unpaired) electrons. The van der Waals surface area contributed by atoms with Crippen LogP contribution in [0, 0.1) is 0 Å². The normalized spacial score (nSPS) is 18.1. The van der Waals surface area contributed by atoms with Gasteiger partial charge in [0.1, 0.15) is 5.75 Å². The SMILES string of the molecule is CCOc1ccc2c(c1)CC1=CN(c3cccc(C(=O)O)c3)NC12. The van der Waals surface area contributed by atoms with Gasteiger partial charge in [0.05, 0.1) is 23.9 Å². The maximum absolute atomic E-state index is 11.1. The van der Waals surface area contributed by atoms with Crippen molar-refractivity contribution >= 4 is 11.7 Å². The topological polar surface area (TPSA) is 61.8 Å². The Kier molecular flexibility index (Phi) is 3.50. The van der Waals surface area contributed by atoms with Gasteiger partial charge < -0.3 is 9.84 Å². The predicted octanol–water partition coefficient (Wildman–Crippen LogP) is 3.29. The van der Waals surface area contributed by atoms with Crippen LogP contribution in [0.4, 0.5) is 5.69 Å². The van der Waals surface area contributed by atoms with Crippen LogP contribution in [0.25, 0.3) is 0 Å². The highest BCUT2D eigenvalue weighted by molar-refractivity contribution is 5.88. The first kappa shape index (κ1) is 14.8. The molecule has 122 valence electrons. The number of fused-ring (bicyclic) bond motifs is 3. The number of rotatable bonds is 4. The van der Waals surface area contributed by atoms with Crippen molar-refractivity contribution in [3.63, 3.8) is 0 Å². The molecule has 0 aromatic heterocycles. The number of hydrogen-bond acceptors (Lipinski definition) is 4. The number of nitrogens with zero attached hydrogens (tertiary/aromatic N) is 1. The van der Waals surface area contributed by atoms with Gasteiger partial charge in [0, 0.05) is 6.20 Å². The van der Waals surface area contributed by atoms with Crippen molar-refractivity contribution in [2.75, 3.05) is 11.6 Å². The first-order chi connectivity index (χ1) is 11.7. The van der Waals surface area contributed by atoms with E-state index in [1.54, 1.807) is 18.2 Å². The fourth-order valence-electron chi connectivity index (χ4n) is 3.35. The Balaban J connectivity index is 1.60. The van der Waals surface area contributed by atoms with Crippen LogP contribution in [-0.4, -0.2) is 17.7 Å². The Labute approximate surface area is 140 Å². The van der Waals surface area contributed by atoms with Gasteiger partial charge in [-0.05, 0) is 60.4 Å². The second-order valence-electron chi connectivity index (χ2n) is 5.96. The molecule has 1 heterocycles. The van der Waals surface area contributed by atoms with Crippen LogP contribution in [0.15, 0.2) is 54.2 Å². The van der Waals surface area contributed by atoms with E-state index in [0.29, 0.717) is 6.61 Å².